The summed E-state index contributed by atoms with van der Waals surface area (Å²) in [6, 6.07) is 20.9. The van der Waals surface area contributed by atoms with Gasteiger partial charge in [0.25, 0.3) is 17.2 Å². The lowest BCUT2D eigenvalue weighted by Crippen LogP contribution is -2.35. The van der Waals surface area contributed by atoms with Gasteiger partial charge in [0.1, 0.15) is 11.2 Å². The molecular weight excluding hydrogens is 472 g/mol. The SMILES string of the molecule is O=C(Nn1c(-c2ccccc2[N+](=O)[O-])nc2c(-c3ccccc3)n[nH]c2c1=O)c1ccc(Cl)cc1. The van der Waals surface area contributed by atoms with Gasteiger partial charge in [-0.05, 0) is 30.3 Å². The lowest BCUT2D eigenvalue weighted by atomic mass is 10.1. The Kier molecular flexibility index (Phi) is 5.55. The summed E-state index contributed by atoms with van der Waals surface area (Å²) in [4.78, 5) is 42.2. The van der Waals surface area contributed by atoms with E-state index >= 15 is 0 Å². The molecule has 35 heavy (non-hydrogen) atoms. The topological polar surface area (TPSA) is 136 Å². The molecule has 3 aromatic carbocycles. The summed E-state index contributed by atoms with van der Waals surface area (Å²) in [5, 5.41) is 19.1. The number of carbonyl (C=O) groups is 1. The molecule has 2 heterocycles. The van der Waals surface area contributed by atoms with Gasteiger partial charge in [0.15, 0.2) is 11.3 Å². The van der Waals surface area contributed by atoms with Gasteiger partial charge in [-0.1, -0.05) is 54.1 Å². The van der Waals surface area contributed by atoms with E-state index in [1.807, 2.05) is 18.2 Å². The first-order valence-electron chi connectivity index (χ1n) is 10.3. The van der Waals surface area contributed by atoms with Crippen molar-refractivity contribution in [2.24, 2.45) is 0 Å². The molecular formula is C24H15ClN6O4. The van der Waals surface area contributed by atoms with Crippen LogP contribution in [0.4, 0.5) is 5.69 Å². The highest BCUT2D eigenvalue weighted by Crippen LogP contribution is 2.30. The van der Waals surface area contributed by atoms with Crippen molar-refractivity contribution >= 4 is 34.2 Å². The minimum absolute atomic E-state index is 0.0302. The van der Waals surface area contributed by atoms with E-state index in [2.05, 4.69) is 20.6 Å². The number of nitro groups is 1. The monoisotopic (exact) mass is 486 g/mol. The van der Waals surface area contributed by atoms with E-state index in [4.69, 9.17) is 11.6 Å². The van der Waals surface area contributed by atoms with Crippen molar-refractivity contribution in [3.05, 3.63) is 110 Å². The molecule has 2 aromatic heterocycles. The smallest absolute Gasteiger partial charge is 0.270 e. The van der Waals surface area contributed by atoms with Crippen molar-refractivity contribution in [3.8, 4) is 22.6 Å². The summed E-state index contributed by atoms with van der Waals surface area (Å²) in [5.41, 5.74) is 3.16. The standard InChI is InChI=1S/C24H15ClN6O4/c25-16-12-10-15(11-13-16)23(32)29-30-22(17-8-4-5-9-18(17)31(34)35)26-20-19(14-6-2-1-3-7-14)27-28-21(20)24(30)33/h1-13H,(H,27,28)(H,29,32). The summed E-state index contributed by atoms with van der Waals surface area (Å²) in [7, 11) is 0. The Hall–Kier alpha value is -4.83. The van der Waals surface area contributed by atoms with Crippen LogP contribution in [0.25, 0.3) is 33.7 Å². The van der Waals surface area contributed by atoms with Crippen molar-refractivity contribution in [1.29, 1.82) is 0 Å². The van der Waals surface area contributed by atoms with Crippen LogP contribution < -0.4 is 11.0 Å². The van der Waals surface area contributed by atoms with E-state index in [1.165, 1.54) is 42.5 Å². The zero-order chi connectivity index (χ0) is 24.5. The molecule has 10 nitrogen and oxygen atoms in total. The molecule has 0 fully saturated rings. The van der Waals surface area contributed by atoms with Crippen molar-refractivity contribution in [2.75, 3.05) is 5.43 Å². The molecule has 5 rings (SSSR count). The highest BCUT2D eigenvalue weighted by Gasteiger charge is 2.24. The zero-order valence-corrected chi connectivity index (χ0v) is 18.6. The third-order valence-electron chi connectivity index (χ3n) is 5.30. The molecule has 0 bridgehead atoms. The molecule has 0 aliphatic carbocycles. The van der Waals surface area contributed by atoms with E-state index in [0.717, 1.165) is 4.68 Å². The van der Waals surface area contributed by atoms with Gasteiger partial charge in [0.05, 0.1) is 10.5 Å². The molecule has 0 atom stereocenters. The molecule has 0 aliphatic heterocycles. The van der Waals surface area contributed by atoms with Crippen LogP contribution in [0.3, 0.4) is 0 Å². The second-order valence-corrected chi connectivity index (χ2v) is 7.90. The van der Waals surface area contributed by atoms with Crippen molar-refractivity contribution in [3.63, 3.8) is 0 Å². The summed E-state index contributed by atoms with van der Waals surface area (Å²) in [6.45, 7) is 0. The first-order valence-corrected chi connectivity index (χ1v) is 10.7. The van der Waals surface area contributed by atoms with Gasteiger partial charge in [0, 0.05) is 22.2 Å². The molecule has 0 aliphatic rings. The van der Waals surface area contributed by atoms with E-state index in [-0.39, 0.29) is 33.7 Å². The molecule has 11 heteroatoms. The first-order chi connectivity index (χ1) is 16.9. The highest BCUT2D eigenvalue weighted by atomic mass is 35.5. The number of aromatic amines is 1. The Morgan fingerprint density at radius 3 is 2.40 bits per heavy atom. The Bertz CT molecular complexity index is 1650. The van der Waals surface area contributed by atoms with Crippen LogP contribution in [-0.4, -0.2) is 30.7 Å². The summed E-state index contributed by atoms with van der Waals surface area (Å²) >= 11 is 5.90. The summed E-state index contributed by atoms with van der Waals surface area (Å²) in [5.74, 6) is -0.747. The number of rotatable bonds is 5. The Morgan fingerprint density at radius 1 is 1.00 bits per heavy atom. The van der Waals surface area contributed by atoms with Gasteiger partial charge in [-0.3, -0.25) is 30.2 Å². The molecule has 1 amide bonds. The fraction of sp³-hybridized carbons (Fsp3) is 0. The normalized spacial score (nSPS) is 10.9. The third kappa shape index (κ3) is 4.02. The minimum Gasteiger partial charge on any atom is -0.270 e. The maximum atomic E-state index is 13.5. The van der Waals surface area contributed by atoms with E-state index < -0.39 is 16.4 Å². The average molecular weight is 487 g/mol. The second kappa shape index (κ2) is 8.84. The van der Waals surface area contributed by atoms with Crippen LogP contribution in [0.1, 0.15) is 10.4 Å². The summed E-state index contributed by atoms with van der Waals surface area (Å²) in [6.07, 6.45) is 0. The van der Waals surface area contributed by atoms with Gasteiger partial charge in [-0.25, -0.2) is 4.98 Å². The summed E-state index contributed by atoms with van der Waals surface area (Å²) < 4.78 is 0.883. The number of carbonyl (C=O) groups excluding carboxylic acids is 1. The molecule has 172 valence electrons. The number of para-hydroxylation sites is 1. The van der Waals surface area contributed by atoms with Crippen LogP contribution >= 0.6 is 11.6 Å². The predicted octanol–water partition coefficient (Wildman–Crippen LogP) is 4.40. The molecule has 0 radical (unpaired) electrons. The van der Waals surface area contributed by atoms with Crippen LogP contribution in [0.15, 0.2) is 83.7 Å². The van der Waals surface area contributed by atoms with Crippen LogP contribution in [0, 0.1) is 10.1 Å². The van der Waals surface area contributed by atoms with Gasteiger partial charge >= 0.3 is 0 Å². The molecule has 0 saturated carbocycles. The third-order valence-corrected chi connectivity index (χ3v) is 5.55. The number of hydrogen-bond donors (Lipinski definition) is 2. The van der Waals surface area contributed by atoms with Gasteiger partial charge in [-0.15, -0.1) is 0 Å². The second-order valence-electron chi connectivity index (χ2n) is 7.46. The van der Waals surface area contributed by atoms with Crippen molar-refractivity contribution in [2.45, 2.75) is 0 Å². The molecule has 0 spiro atoms. The van der Waals surface area contributed by atoms with Crippen LogP contribution in [0.2, 0.25) is 5.02 Å². The number of fused-ring (bicyclic) bond motifs is 1. The fourth-order valence-electron chi connectivity index (χ4n) is 3.63. The molecule has 2 N–H and O–H groups in total. The maximum Gasteiger partial charge on any atom is 0.298 e. The molecule has 0 saturated heterocycles. The Balaban J connectivity index is 1.76. The number of nitro benzene ring substituents is 1. The van der Waals surface area contributed by atoms with Crippen LogP contribution in [0.5, 0.6) is 0 Å². The fourth-order valence-corrected chi connectivity index (χ4v) is 3.75. The molecule has 5 aromatic rings. The highest BCUT2D eigenvalue weighted by molar-refractivity contribution is 6.30. The minimum atomic E-state index is -0.680. The van der Waals surface area contributed by atoms with Gasteiger partial charge in [0.2, 0.25) is 0 Å². The number of benzene rings is 3. The van der Waals surface area contributed by atoms with Crippen molar-refractivity contribution in [1.82, 2.24) is 19.9 Å². The predicted molar refractivity (Wildman–Crippen MR) is 131 cm³/mol. The average Bonchev–Trinajstić information content (AvgIpc) is 3.30. The largest absolute Gasteiger partial charge is 0.298 e. The number of nitrogens with one attached hydrogen (secondary N) is 2. The molecule has 0 unspecified atom stereocenters. The number of amides is 1. The lowest BCUT2D eigenvalue weighted by molar-refractivity contribution is -0.384. The lowest BCUT2D eigenvalue weighted by Gasteiger charge is -2.14. The Morgan fingerprint density at radius 2 is 1.69 bits per heavy atom. The van der Waals surface area contributed by atoms with E-state index in [0.29, 0.717) is 16.3 Å². The number of nitrogens with zero attached hydrogens (tertiary/aromatic N) is 4. The number of hydrogen-bond acceptors (Lipinski definition) is 6. The van der Waals surface area contributed by atoms with E-state index in [1.54, 1.807) is 18.2 Å². The number of aromatic nitrogens is 4. The number of halogens is 1. The first kappa shape index (κ1) is 22.0. The van der Waals surface area contributed by atoms with Gasteiger partial charge in [-0.2, -0.15) is 9.77 Å². The van der Waals surface area contributed by atoms with Crippen molar-refractivity contribution < 1.29 is 9.72 Å². The number of H-pyrrole nitrogens is 1. The quantitative estimate of drug-likeness (QED) is 0.279. The van der Waals surface area contributed by atoms with Crippen LogP contribution in [-0.2, 0) is 0 Å². The Labute approximate surface area is 201 Å². The maximum absolute atomic E-state index is 13.5. The van der Waals surface area contributed by atoms with E-state index in [9.17, 15) is 19.7 Å². The zero-order valence-electron chi connectivity index (χ0n) is 17.8. The van der Waals surface area contributed by atoms with Gasteiger partial charge < -0.3 is 0 Å².